The Labute approximate surface area is 642 Å². The number of aromatic hydroxyl groups is 2. The molecule has 0 bridgehead atoms. The van der Waals surface area contributed by atoms with Gasteiger partial charge < -0.3 is 75.9 Å². The topological polar surface area (TPSA) is 185 Å². The number of anilines is 6. The molecule has 8 aromatic carbocycles. The van der Waals surface area contributed by atoms with Crippen molar-refractivity contribution in [2.45, 2.75) is 147 Å². The summed E-state index contributed by atoms with van der Waals surface area (Å²) in [5.41, 5.74) is 9.86. The van der Waals surface area contributed by atoms with Crippen LogP contribution in [-0.2, 0) is 35.1 Å². The van der Waals surface area contributed by atoms with Crippen LogP contribution in [0.15, 0.2) is 146 Å². The number of phenolic OH excluding ortho intramolecular Hbond substituents is 2. The smallest absolute Gasteiger partial charge is 0.340 e. The van der Waals surface area contributed by atoms with Crippen LogP contribution in [0.5, 0.6) is 34.5 Å². The van der Waals surface area contributed by atoms with Crippen LogP contribution in [0.3, 0.4) is 0 Å². The Hall–Kier alpha value is -9.62. The molecular weight excluding hydrogens is 1410 g/mol. The molecule has 0 aromatic heterocycles. The molecule has 4 atom stereocenters. The first-order chi connectivity index (χ1) is 50.8. The van der Waals surface area contributed by atoms with E-state index < -0.39 is 23.1 Å². The number of rotatable bonds is 13. The van der Waals surface area contributed by atoms with E-state index in [2.05, 4.69) is 75.6 Å². The summed E-state index contributed by atoms with van der Waals surface area (Å²) in [5.74, 6) is 2.71. The fraction of sp³-hybridized carbons (Fsp3) is 0.384. The number of halogens is 3. The maximum atomic E-state index is 13.7. The lowest BCUT2D eigenvalue weighted by molar-refractivity contribution is -0.139. The predicted octanol–water partition coefficient (Wildman–Crippen LogP) is 14.6. The molecule has 558 valence electrons. The van der Waals surface area contributed by atoms with Crippen LogP contribution >= 0.6 is 23.2 Å². The number of carbonyl (C=O) groups excluding carboxylic acids is 5. The van der Waals surface area contributed by atoms with Crippen molar-refractivity contribution in [3.05, 3.63) is 211 Å². The lowest BCUT2D eigenvalue weighted by Gasteiger charge is -2.49. The number of likely N-dealkylation sites (tertiary alicyclic amines) is 1. The van der Waals surface area contributed by atoms with Crippen molar-refractivity contribution in [1.29, 1.82) is 0 Å². The van der Waals surface area contributed by atoms with E-state index in [-0.39, 0.29) is 64.5 Å². The summed E-state index contributed by atoms with van der Waals surface area (Å²) >= 11 is 14.2. The maximum Gasteiger partial charge on any atom is 0.340 e. The van der Waals surface area contributed by atoms with E-state index in [1.165, 1.54) is 6.42 Å². The fourth-order valence-electron chi connectivity index (χ4n) is 18.0. The predicted molar refractivity (Wildman–Crippen MR) is 413 cm³/mol. The number of benzene rings is 8. The van der Waals surface area contributed by atoms with E-state index in [0.717, 1.165) is 108 Å². The van der Waals surface area contributed by atoms with Gasteiger partial charge in [-0.25, -0.2) is 9.59 Å². The third kappa shape index (κ3) is 13.1. The van der Waals surface area contributed by atoms with Gasteiger partial charge in [0.05, 0.1) is 32.5 Å². The first kappa shape index (κ1) is 74.2. The van der Waals surface area contributed by atoms with Crippen molar-refractivity contribution in [3.8, 4) is 34.5 Å². The lowest BCUT2D eigenvalue weighted by atomic mass is 9.74. The molecule has 18 nitrogen and oxygen atoms in total. The summed E-state index contributed by atoms with van der Waals surface area (Å²) < 4.78 is 26.8. The van der Waals surface area contributed by atoms with E-state index in [1.807, 2.05) is 137 Å². The average molecular weight is 1510 g/mol. The van der Waals surface area contributed by atoms with Gasteiger partial charge in [0.2, 0.25) is 17.7 Å². The second-order valence-electron chi connectivity index (χ2n) is 30.9. The molecule has 107 heavy (non-hydrogen) atoms. The van der Waals surface area contributed by atoms with Gasteiger partial charge in [0.25, 0.3) is 0 Å². The molecule has 3 amide bonds. The number of esters is 2. The Morgan fingerprint density at radius 3 is 1.25 bits per heavy atom. The highest BCUT2D eigenvalue weighted by Gasteiger charge is 2.57. The number of phenols is 2. The molecule has 4 unspecified atom stereocenters. The van der Waals surface area contributed by atoms with Crippen LogP contribution in [0.2, 0.25) is 10.0 Å². The minimum absolute atomic E-state index is 0. The van der Waals surface area contributed by atoms with E-state index in [0.29, 0.717) is 125 Å². The molecule has 2 saturated heterocycles. The Bertz CT molecular complexity index is 4840. The third-order valence-electron chi connectivity index (χ3n) is 23.3. The first-order valence-electron chi connectivity index (χ1n) is 37.3. The van der Waals surface area contributed by atoms with Crippen LogP contribution in [-0.4, -0.2) is 132 Å². The number of amides is 3. The molecule has 2 fully saturated rings. The molecule has 2 spiro atoms. The normalized spacial score (nSPS) is 20.7. The van der Waals surface area contributed by atoms with Crippen molar-refractivity contribution in [1.82, 2.24) is 14.7 Å². The van der Waals surface area contributed by atoms with Crippen molar-refractivity contribution < 1.29 is 65.5 Å². The summed E-state index contributed by atoms with van der Waals surface area (Å²) in [6.45, 7) is 20.8. The molecule has 0 aliphatic carbocycles. The van der Waals surface area contributed by atoms with Crippen LogP contribution in [0.25, 0.3) is 0 Å². The van der Waals surface area contributed by atoms with Crippen LogP contribution in [0, 0.1) is 0 Å². The number of piperidine rings is 1. The number of ether oxygens (including phenoxy) is 4. The third-order valence-corrected chi connectivity index (χ3v) is 23.9. The second kappa shape index (κ2) is 28.8. The molecule has 8 aromatic rings. The van der Waals surface area contributed by atoms with Gasteiger partial charge in [0.15, 0.2) is 11.2 Å². The van der Waals surface area contributed by atoms with Crippen LogP contribution in [0.1, 0.15) is 190 Å². The van der Waals surface area contributed by atoms with E-state index in [4.69, 9.17) is 42.1 Å². The van der Waals surface area contributed by atoms with Crippen LogP contribution < -0.4 is 41.5 Å². The highest BCUT2D eigenvalue weighted by atomic mass is 35.5. The zero-order chi connectivity index (χ0) is 74.5. The second-order valence-corrected chi connectivity index (χ2v) is 31.7. The average Bonchev–Trinajstić information content (AvgIpc) is 1.65. The van der Waals surface area contributed by atoms with Crippen molar-refractivity contribution in [2.24, 2.45) is 0 Å². The number of nitrogens with zero attached hydrogens (tertiary/aromatic N) is 7. The van der Waals surface area contributed by atoms with Gasteiger partial charge in [-0.05, 0) is 181 Å². The molecule has 8 aliphatic rings. The van der Waals surface area contributed by atoms with Gasteiger partial charge in [-0.15, -0.1) is 0 Å². The maximum absolute atomic E-state index is 13.7. The summed E-state index contributed by atoms with van der Waals surface area (Å²) in [4.78, 5) is 80.4. The highest BCUT2D eigenvalue weighted by molar-refractivity contribution is 6.34. The number of fused-ring (bicyclic) bond motifs is 14. The monoisotopic (exact) mass is 1500 g/mol. The minimum atomic E-state index is -1.29. The van der Waals surface area contributed by atoms with Crippen molar-refractivity contribution in [2.75, 3.05) is 86.1 Å². The number of hydrogen-bond donors (Lipinski definition) is 2. The summed E-state index contributed by atoms with van der Waals surface area (Å²) in [6, 6.07) is 44.9. The van der Waals surface area contributed by atoms with E-state index >= 15 is 0 Å². The molecule has 21 heteroatoms. The summed E-state index contributed by atoms with van der Waals surface area (Å²) in [6.07, 6.45) is 8.05. The number of carbonyl (C=O) groups is 5. The van der Waals surface area contributed by atoms with Gasteiger partial charge in [-0.1, -0.05) is 80.4 Å². The Balaban J connectivity index is 0.000000178. The van der Waals surface area contributed by atoms with Gasteiger partial charge in [0.1, 0.15) is 34.5 Å². The largest absolute Gasteiger partial charge is 1.00 e. The minimum Gasteiger partial charge on any atom is -1.00 e. The fourth-order valence-corrected chi connectivity index (χ4v) is 18.5. The van der Waals surface area contributed by atoms with E-state index in [1.54, 1.807) is 30.3 Å². The standard InChI is InChI=1S/C44H47ClN4O6.C42H44ClN3O5.ClH/c1-6-40(51)47-18-20-48(21-19-47)41(52)12-9-17-49-36-24-38-33(22-31(36)27(2)26-43(49,3)4)44(32-11-8-7-10-30(32)42(53)55-44)34-23-35(45)37(25-39(34)54-38)46(5)28-13-15-29(50)16-14-28;1-26-25-41(2,3)46(20-10-13-39(48)45-18-8-5-9-19-45)35-23-37-32(21-30(26)35)42(31-12-7-6-11-29(31)40(49)51-42)33-22-34(43)36(24-38(33)50-37)44(4)27-14-16-28(47)17-15-27;/h7-8,10-11,13-16,22-25,27,50H,6,9,12,17-21,26H2,1-5H3;6-7,11-12,14-17,21-24,26,47H,5,8-10,13,18-20,25H2,1-4H3;1H/p-1. The Kier molecular flexibility index (Phi) is 20.0. The summed E-state index contributed by atoms with van der Waals surface area (Å²) in [5, 5.41) is 20.7. The molecule has 8 aliphatic heterocycles. The van der Waals surface area contributed by atoms with Crippen LogP contribution in [0.4, 0.5) is 34.1 Å². The van der Waals surface area contributed by atoms with Crippen molar-refractivity contribution in [3.63, 3.8) is 0 Å². The van der Waals surface area contributed by atoms with Gasteiger partial charge in [0, 0.05) is 177 Å². The number of piperazine rings is 1. The number of hydrogen-bond acceptors (Lipinski definition) is 15. The first-order valence-corrected chi connectivity index (χ1v) is 38.1. The van der Waals surface area contributed by atoms with Crippen molar-refractivity contribution >= 4 is 87.0 Å². The Morgan fingerprint density at radius 2 is 0.850 bits per heavy atom. The Morgan fingerprint density at radius 1 is 0.486 bits per heavy atom. The molecule has 16 rings (SSSR count). The van der Waals surface area contributed by atoms with Gasteiger partial charge in [-0.3, -0.25) is 14.4 Å². The quantitative estimate of drug-likeness (QED) is 0.104. The molecule has 8 heterocycles. The lowest BCUT2D eigenvalue weighted by Crippen LogP contribution is -3.00. The molecule has 0 radical (unpaired) electrons. The van der Waals surface area contributed by atoms with Gasteiger partial charge in [-0.2, -0.15) is 0 Å². The molecule has 2 N–H and O–H groups in total. The summed E-state index contributed by atoms with van der Waals surface area (Å²) in [7, 11) is 3.80. The SMILES string of the molecule is CC1CC(C)(C)N(CCCC(=O)N2CCCCC2)c2cc3c(cc21)C1(OC(=O)c2ccccc21)c1cc(Cl)c(N(C)c2ccc(O)cc2)cc1O3.CCC(=O)N1CCN(C(=O)CCCN2c3cc4c(cc3C(C)CC2(C)C)C2(OC(=O)c3ccccc32)c2cc(Cl)c(N(C)c3ccc(O)cc3)cc2O4)CC1.[Cl-]. The van der Waals surface area contributed by atoms with Gasteiger partial charge >= 0.3 is 11.9 Å². The molecular formula is C86H91Cl3N7O11-. The van der Waals surface area contributed by atoms with E-state index in [9.17, 15) is 34.2 Å². The molecule has 0 saturated carbocycles. The highest BCUT2D eigenvalue weighted by Crippen LogP contribution is 2.63. The zero-order valence-corrected chi connectivity index (χ0v) is 64.3. The zero-order valence-electron chi connectivity index (χ0n) is 62.1.